The topological polar surface area (TPSA) is 0 Å². The monoisotopic (exact) mass is 486 g/mol. The fourth-order valence-electron chi connectivity index (χ4n) is 4.13. The van der Waals surface area contributed by atoms with Crippen LogP contribution < -0.4 is 15.9 Å². The predicted molar refractivity (Wildman–Crippen MR) is 140 cm³/mol. The first-order valence-corrected chi connectivity index (χ1v) is 15.7. The Balaban J connectivity index is 2.27. The Morgan fingerprint density at radius 3 is 1.41 bits per heavy atom. The second-order valence-corrected chi connectivity index (χ2v) is 19.5. The van der Waals surface area contributed by atoms with Crippen LogP contribution in [0.25, 0.3) is 0 Å². The van der Waals surface area contributed by atoms with Crippen molar-refractivity contribution in [2.75, 3.05) is 6.16 Å². The number of thioether (sulfide) groups is 1. The van der Waals surface area contributed by atoms with Crippen LogP contribution in [0.1, 0.15) is 34.1 Å². The van der Waals surface area contributed by atoms with E-state index in [0.717, 1.165) is 6.16 Å². The molecule has 0 aliphatic carbocycles. The van der Waals surface area contributed by atoms with Gasteiger partial charge in [0.15, 0.2) is 0 Å². The Kier molecular flexibility index (Phi) is 6.99. The summed E-state index contributed by atoms with van der Waals surface area (Å²) in [6.45, 7) is 9.43. The Labute approximate surface area is 189 Å². The van der Waals surface area contributed by atoms with Crippen LogP contribution in [0.2, 0.25) is 0 Å². The van der Waals surface area contributed by atoms with E-state index in [1.54, 1.807) is 0 Å². The van der Waals surface area contributed by atoms with E-state index in [1.807, 2.05) is 0 Å². The standard InChI is InChI=1S/C26H32BrPS/c1-5-26(3,4)29-22(2)21-28(27,23-15-9-6-10-16-23,24-17-11-7-12-18-24)25-19-13-8-14-20-25/h6-20,22H,5,21H2,1-4H3. The molecule has 0 heterocycles. The first-order chi connectivity index (χ1) is 13.8. The molecule has 3 aromatic rings. The minimum atomic E-state index is -2.82. The number of hydrogen-bond donors (Lipinski definition) is 0. The quantitative estimate of drug-likeness (QED) is 0.305. The maximum atomic E-state index is 4.56. The van der Waals surface area contributed by atoms with E-state index in [4.69, 9.17) is 0 Å². The molecule has 0 aromatic heterocycles. The summed E-state index contributed by atoms with van der Waals surface area (Å²) in [7, 11) is 0. The number of halogens is 1. The van der Waals surface area contributed by atoms with Crippen LogP contribution in [0.4, 0.5) is 0 Å². The van der Waals surface area contributed by atoms with Gasteiger partial charge in [-0.2, -0.15) is 0 Å². The maximum absolute atomic E-state index is 4.56. The third-order valence-electron chi connectivity index (χ3n) is 5.86. The van der Waals surface area contributed by atoms with Gasteiger partial charge in [-0.3, -0.25) is 0 Å². The third-order valence-corrected chi connectivity index (χ3v) is 17.5. The van der Waals surface area contributed by atoms with Crippen molar-refractivity contribution < 1.29 is 0 Å². The van der Waals surface area contributed by atoms with Crippen molar-refractivity contribution in [3.63, 3.8) is 0 Å². The molecule has 0 N–H and O–H groups in total. The SMILES string of the molecule is CCC(C)(C)SC(C)CP(Br)(c1ccccc1)(c1ccccc1)c1ccccc1. The molecule has 3 heteroatoms. The van der Waals surface area contributed by atoms with Crippen LogP contribution in [-0.2, 0) is 0 Å². The second-order valence-electron chi connectivity index (χ2n) is 8.41. The molecule has 3 aromatic carbocycles. The molecule has 0 bridgehead atoms. The molecule has 0 aliphatic heterocycles. The summed E-state index contributed by atoms with van der Waals surface area (Å²) in [6.07, 6.45) is 2.25. The summed E-state index contributed by atoms with van der Waals surface area (Å²) in [4.78, 5) is 0. The van der Waals surface area contributed by atoms with Crippen molar-refractivity contribution in [2.24, 2.45) is 0 Å². The van der Waals surface area contributed by atoms with Crippen LogP contribution in [0.15, 0.2) is 91.0 Å². The van der Waals surface area contributed by atoms with Crippen LogP contribution in [0.3, 0.4) is 0 Å². The van der Waals surface area contributed by atoms with E-state index in [9.17, 15) is 0 Å². The van der Waals surface area contributed by atoms with Gasteiger partial charge >= 0.3 is 190 Å². The first-order valence-electron chi connectivity index (χ1n) is 10.4. The zero-order valence-electron chi connectivity index (χ0n) is 17.9. The van der Waals surface area contributed by atoms with Gasteiger partial charge < -0.3 is 0 Å². The van der Waals surface area contributed by atoms with Gasteiger partial charge in [-0.1, -0.05) is 0 Å². The Morgan fingerprint density at radius 1 is 0.759 bits per heavy atom. The van der Waals surface area contributed by atoms with Crippen molar-refractivity contribution in [2.45, 2.75) is 44.1 Å². The molecule has 154 valence electrons. The summed E-state index contributed by atoms with van der Waals surface area (Å²) in [5, 5.41) is 1.88. The van der Waals surface area contributed by atoms with Gasteiger partial charge in [-0.15, -0.1) is 0 Å². The molecule has 0 radical (unpaired) electrons. The molecule has 3 rings (SSSR count). The van der Waals surface area contributed by atoms with Gasteiger partial charge in [0.2, 0.25) is 0 Å². The van der Waals surface area contributed by atoms with Crippen molar-refractivity contribution >= 4 is 48.5 Å². The van der Waals surface area contributed by atoms with Gasteiger partial charge in [0.25, 0.3) is 0 Å². The van der Waals surface area contributed by atoms with Crippen LogP contribution in [0, 0.1) is 0 Å². The van der Waals surface area contributed by atoms with Gasteiger partial charge in [0.1, 0.15) is 0 Å². The van der Waals surface area contributed by atoms with Gasteiger partial charge in [-0.25, -0.2) is 0 Å². The summed E-state index contributed by atoms with van der Waals surface area (Å²) in [6, 6.07) is 33.3. The van der Waals surface area contributed by atoms with Gasteiger partial charge in [0, 0.05) is 0 Å². The van der Waals surface area contributed by atoms with E-state index < -0.39 is 5.31 Å². The van der Waals surface area contributed by atoms with Crippen LogP contribution in [0.5, 0.6) is 0 Å². The molecule has 0 aliphatic rings. The number of rotatable bonds is 8. The number of hydrogen-bond acceptors (Lipinski definition) is 1. The van der Waals surface area contributed by atoms with E-state index in [0.29, 0.717) is 5.25 Å². The zero-order chi connectivity index (χ0) is 21.0. The van der Waals surface area contributed by atoms with Crippen LogP contribution in [-0.4, -0.2) is 16.2 Å². The minimum absolute atomic E-state index is 0.269. The fraction of sp³-hybridized carbons (Fsp3) is 0.308. The molecule has 1 atom stereocenters. The summed E-state index contributed by atoms with van der Waals surface area (Å²) >= 11 is 6.68. The second kappa shape index (κ2) is 8.96. The summed E-state index contributed by atoms with van der Waals surface area (Å²) in [5.41, 5.74) is 0. The molecule has 0 saturated carbocycles. The molecule has 0 nitrogen and oxygen atoms in total. The molecule has 0 amide bonds. The van der Waals surface area contributed by atoms with Crippen molar-refractivity contribution in [1.29, 1.82) is 0 Å². The van der Waals surface area contributed by atoms with E-state index in [2.05, 4.69) is 146 Å². The summed E-state index contributed by atoms with van der Waals surface area (Å²) in [5.74, 6) is 0. The average Bonchev–Trinajstić information content (AvgIpc) is 2.75. The Hall–Kier alpha value is -1.08. The third kappa shape index (κ3) is 4.50. The molecule has 29 heavy (non-hydrogen) atoms. The fourth-order valence-corrected chi connectivity index (χ4v) is 15.5. The van der Waals surface area contributed by atoms with Crippen molar-refractivity contribution in [3.8, 4) is 0 Å². The Morgan fingerprint density at radius 2 is 1.10 bits per heavy atom. The van der Waals surface area contributed by atoms with E-state index >= 15 is 0 Å². The van der Waals surface area contributed by atoms with E-state index in [1.165, 1.54) is 22.3 Å². The molecule has 0 saturated heterocycles. The summed E-state index contributed by atoms with van der Waals surface area (Å²) < 4.78 is 0.269. The number of benzene rings is 3. The molecule has 0 spiro atoms. The van der Waals surface area contributed by atoms with Gasteiger partial charge in [0.05, 0.1) is 0 Å². The van der Waals surface area contributed by atoms with Crippen molar-refractivity contribution in [3.05, 3.63) is 91.0 Å². The Bertz CT molecular complexity index is 810. The zero-order valence-corrected chi connectivity index (χ0v) is 21.2. The van der Waals surface area contributed by atoms with Crippen molar-refractivity contribution in [1.82, 2.24) is 0 Å². The molecular formula is C26H32BrPS. The predicted octanol–water partition coefficient (Wildman–Crippen LogP) is 7.14. The molecular weight excluding hydrogens is 455 g/mol. The molecule has 1 unspecified atom stereocenters. The average molecular weight is 487 g/mol. The normalized spacial score (nSPS) is 14.7. The first kappa shape index (κ1) is 22.6. The van der Waals surface area contributed by atoms with E-state index in [-0.39, 0.29) is 4.75 Å². The molecule has 0 fully saturated rings. The van der Waals surface area contributed by atoms with Gasteiger partial charge in [-0.05, 0) is 0 Å². The van der Waals surface area contributed by atoms with Crippen LogP contribution >= 0.6 is 32.6 Å².